The normalized spacial score (nSPS) is 19.0. The van der Waals surface area contributed by atoms with Crippen molar-refractivity contribution in [1.82, 2.24) is 0 Å². The van der Waals surface area contributed by atoms with Crippen molar-refractivity contribution in [1.29, 1.82) is 0 Å². The molecule has 176 valence electrons. The number of hydrogen-bond acceptors (Lipinski definition) is 2. The molecule has 2 aliphatic heterocycles. The van der Waals surface area contributed by atoms with Gasteiger partial charge < -0.3 is 9.47 Å². The molecule has 4 heteroatoms. The summed E-state index contributed by atoms with van der Waals surface area (Å²) in [6.07, 6.45) is 2.78. The van der Waals surface area contributed by atoms with Crippen LogP contribution in [0.5, 0.6) is 11.5 Å². The fraction of sp³-hybridized carbons (Fsp3) is 0.226. The highest BCUT2D eigenvalue weighted by molar-refractivity contribution is 5.68. The minimum absolute atomic E-state index is 0.268. The van der Waals surface area contributed by atoms with Crippen LogP contribution in [0.2, 0.25) is 0 Å². The first kappa shape index (κ1) is 21.8. The smallest absolute Gasteiger partial charge is 0.173 e. The highest BCUT2D eigenvalue weighted by Crippen LogP contribution is 2.40. The third-order valence-electron chi connectivity index (χ3n) is 7.04. The van der Waals surface area contributed by atoms with Crippen LogP contribution < -0.4 is 9.47 Å². The van der Waals surface area contributed by atoms with Crippen LogP contribution in [0.1, 0.15) is 30.4 Å². The van der Waals surface area contributed by atoms with E-state index >= 15 is 8.78 Å². The average Bonchev–Trinajstić information content (AvgIpc) is 3.03. The van der Waals surface area contributed by atoms with Gasteiger partial charge in [0.05, 0.1) is 0 Å². The molecule has 0 saturated heterocycles. The van der Waals surface area contributed by atoms with Gasteiger partial charge in [-0.15, -0.1) is 0 Å². The molecule has 2 aliphatic rings. The first-order chi connectivity index (χ1) is 17.2. The summed E-state index contributed by atoms with van der Waals surface area (Å²) in [5.41, 5.74) is 4.21. The Morgan fingerprint density at radius 1 is 0.543 bits per heavy atom. The molecule has 4 aromatic carbocycles. The average molecular weight is 469 g/mol. The van der Waals surface area contributed by atoms with E-state index in [1.54, 1.807) is 0 Å². The Balaban J connectivity index is 1.42. The van der Waals surface area contributed by atoms with Gasteiger partial charge in [0, 0.05) is 35.1 Å². The van der Waals surface area contributed by atoms with Crippen LogP contribution in [0.4, 0.5) is 8.78 Å². The minimum Gasteiger partial charge on any atom is -0.487 e. The highest BCUT2D eigenvalue weighted by atomic mass is 19.1. The van der Waals surface area contributed by atoms with Gasteiger partial charge in [-0.25, -0.2) is 8.78 Å². The van der Waals surface area contributed by atoms with E-state index in [4.69, 9.17) is 9.47 Å². The largest absolute Gasteiger partial charge is 0.487 e. The Hall–Kier alpha value is -3.66. The zero-order valence-corrected chi connectivity index (χ0v) is 19.3. The van der Waals surface area contributed by atoms with Crippen LogP contribution in [0.3, 0.4) is 0 Å². The highest BCUT2D eigenvalue weighted by Gasteiger charge is 2.30. The van der Waals surface area contributed by atoms with Gasteiger partial charge in [0.1, 0.15) is 12.2 Å². The maximum absolute atomic E-state index is 15.8. The standard InChI is InChI=1S/C31H26F2O2/c32-28-26(20-8-3-1-4-9-20)16-14-22-18-25-13-7-12-24(34-30(22)28)19-23-15-17-27(29(33)31(23)35-25)21-10-5-2-6-11-21/h1-6,8-11,14-17,24-25H,7,12-13,18-19H2. The molecule has 0 spiro atoms. The lowest BCUT2D eigenvalue weighted by Gasteiger charge is -2.26. The fourth-order valence-electron chi connectivity index (χ4n) is 5.25. The molecule has 2 bridgehead atoms. The number of halogens is 2. The predicted molar refractivity (Wildman–Crippen MR) is 134 cm³/mol. The Morgan fingerprint density at radius 2 is 0.971 bits per heavy atom. The Bertz CT molecular complexity index is 1250. The lowest BCUT2D eigenvalue weighted by atomic mass is 9.97. The van der Waals surface area contributed by atoms with Crippen molar-refractivity contribution < 1.29 is 18.3 Å². The number of hydrogen-bond donors (Lipinski definition) is 0. The van der Waals surface area contributed by atoms with Crippen LogP contribution in [-0.4, -0.2) is 12.2 Å². The Labute approximate surface area is 204 Å². The van der Waals surface area contributed by atoms with Crippen molar-refractivity contribution in [3.8, 4) is 33.8 Å². The molecule has 0 fully saturated rings. The summed E-state index contributed by atoms with van der Waals surface area (Å²) in [6, 6.07) is 26.5. The molecule has 6 rings (SSSR count). The molecular weight excluding hydrogens is 442 g/mol. The topological polar surface area (TPSA) is 18.5 Å². The molecule has 2 unspecified atom stereocenters. The maximum Gasteiger partial charge on any atom is 0.173 e. The monoisotopic (exact) mass is 468 g/mol. The second kappa shape index (κ2) is 9.18. The maximum atomic E-state index is 15.8. The van der Waals surface area contributed by atoms with Crippen LogP contribution in [0.25, 0.3) is 22.3 Å². The van der Waals surface area contributed by atoms with Gasteiger partial charge in [-0.2, -0.15) is 0 Å². The van der Waals surface area contributed by atoms with E-state index < -0.39 is 0 Å². The van der Waals surface area contributed by atoms with Crippen molar-refractivity contribution in [2.24, 2.45) is 0 Å². The molecule has 0 radical (unpaired) electrons. The first-order valence-electron chi connectivity index (χ1n) is 12.2. The second-order valence-electron chi connectivity index (χ2n) is 9.38. The van der Waals surface area contributed by atoms with Crippen molar-refractivity contribution in [2.45, 2.75) is 44.3 Å². The molecule has 0 amide bonds. The third-order valence-corrected chi connectivity index (χ3v) is 7.04. The van der Waals surface area contributed by atoms with E-state index in [2.05, 4.69) is 0 Å². The van der Waals surface area contributed by atoms with Crippen molar-refractivity contribution in [3.05, 3.63) is 108 Å². The van der Waals surface area contributed by atoms with E-state index in [-0.39, 0.29) is 23.8 Å². The summed E-state index contributed by atoms with van der Waals surface area (Å²) >= 11 is 0. The van der Waals surface area contributed by atoms with Crippen molar-refractivity contribution in [2.75, 3.05) is 0 Å². The fourth-order valence-corrected chi connectivity index (χ4v) is 5.25. The van der Waals surface area contributed by atoms with Crippen molar-refractivity contribution in [3.63, 3.8) is 0 Å². The number of rotatable bonds is 2. The molecule has 2 heterocycles. The van der Waals surface area contributed by atoms with Gasteiger partial charge >= 0.3 is 0 Å². The molecule has 0 aliphatic carbocycles. The zero-order valence-electron chi connectivity index (χ0n) is 19.3. The van der Waals surface area contributed by atoms with E-state index in [9.17, 15) is 0 Å². The molecule has 35 heavy (non-hydrogen) atoms. The lowest BCUT2D eigenvalue weighted by Crippen LogP contribution is -2.24. The Morgan fingerprint density at radius 3 is 1.40 bits per heavy atom. The van der Waals surface area contributed by atoms with E-state index in [1.807, 2.05) is 84.9 Å². The number of benzene rings is 4. The minimum atomic E-state index is -0.342. The molecule has 2 atom stereocenters. The summed E-state index contributed by atoms with van der Waals surface area (Å²) in [5, 5.41) is 0. The molecule has 4 aromatic rings. The number of ether oxygens (including phenoxy) is 2. The number of fused-ring (bicyclic) bond motifs is 6. The zero-order chi connectivity index (χ0) is 23.8. The second-order valence-corrected chi connectivity index (χ2v) is 9.38. The van der Waals surface area contributed by atoms with Crippen molar-refractivity contribution >= 4 is 0 Å². The summed E-state index contributed by atoms with van der Waals surface area (Å²) in [4.78, 5) is 0. The van der Waals surface area contributed by atoms with E-state index in [0.29, 0.717) is 35.5 Å². The lowest BCUT2D eigenvalue weighted by molar-refractivity contribution is 0.179. The van der Waals surface area contributed by atoms with Gasteiger partial charge in [-0.3, -0.25) is 0 Å². The summed E-state index contributed by atoms with van der Waals surface area (Å²) in [5.74, 6) is -0.0788. The molecule has 2 nitrogen and oxygen atoms in total. The van der Waals surface area contributed by atoms with Gasteiger partial charge in [0.25, 0.3) is 0 Å². The van der Waals surface area contributed by atoms with Crippen LogP contribution in [0.15, 0.2) is 84.9 Å². The van der Waals surface area contributed by atoms with Gasteiger partial charge in [-0.05, 0) is 30.4 Å². The molecule has 0 saturated carbocycles. The predicted octanol–water partition coefficient (Wildman–Crippen LogP) is 7.78. The van der Waals surface area contributed by atoms with Gasteiger partial charge in [0.2, 0.25) is 0 Å². The van der Waals surface area contributed by atoms with Crippen LogP contribution in [-0.2, 0) is 12.8 Å². The summed E-state index contributed by atoms with van der Waals surface area (Å²) in [6.45, 7) is 0. The van der Waals surface area contributed by atoms with E-state index in [1.165, 1.54) is 0 Å². The molecular formula is C31H26F2O2. The van der Waals surface area contributed by atoms with Crippen LogP contribution >= 0.6 is 0 Å². The first-order valence-corrected chi connectivity index (χ1v) is 12.2. The summed E-state index contributed by atoms with van der Waals surface area (Å²) < 4.78 is 44.4. The third kappa shape index (κ3) is 4.18. The quantitative estimate of drug-likeness (QED) is 0.299. The molecule has 0 N–H and O–H groups in total. The molecule has 0 aromatic heterocycles. The van der Waals surface area contributed by atoms with Crippen LogP contribution in [0, 0.1) is 11.6 Å². The van der Waals surface area contributed by atoms with Gasteiger partial charge in [0.15, 0.2) is 23.1 Å². The SMILES string of the molecule is Fc1c(-c2ccccc2)ccc2c1OC1CCCC(C2)Oc2c(ccc(-c3ccccc3)c2F)C1. The Kier molecular flexibility index (Phi) is 5.73. The summed E-state index contributed by atoms with van der Waals surface area (Å²) in [7, 11) is 0. The van der Waals surface area contributed by atoms with Gasteiger partial charge in [-0.1, -0.05) is 84.9 Å². The van der Waals surface area contributed by atoms with E-state index in [0.717, 1.165) is 41.5 Å².